The topological polar surface area (TPSA) is 78.9 Å². The van der Waals surface area contributed by atoms with E-state index in [1.165, 1.54) is 7.11 Å². The van der Waals surface area contributed by atoms with Crippen molar-refractivity contribution in [3.05, 3.63) is 23.3 Å². The lowest BCUT2D eigenvalue weighted by molar-refractivity contribution is -0.169. The van der Waals surface area contributed by atoms with Crippen molar-refractivity contribution >= 4 is 17.9 Å². The summed E-state index contributed by atoms with van der Waals surface area (Å²) in [6.07, 6.45) is 8.12. The molecule has 0 aromatic rings. The summed E-state index contributed by atoms with van der Waals surface area (Å²) < 4.78 is 16.3. The second kappa shape index (κ2) is 9.40. The van der Waals surface area contributed by atoms with Crippen LogP contribution in [-0.2, 0) is 28.6 Å². The van der Waals surface area contributed by atoms with E-state index in [-0.39, 0.29) is 46.5 Å². The molecule has 178 valence electrons. The van der Waals surface area contributed by atoms with Crippen molar-refractivity contribution < 1.29 is 28.6 Å². The summed E-state index contributed by atoms with van der Waals surface area (Å²) >= 11 is 0. The molecule has 1 saturated carbocycles. The Kier molecular flexibility index (Phi) is 7.21. The normalized spacial score (nSPS) is 32.2. The van der Waals surface area contributed by atoms with Crippen LogP contribution in [0.1, 0.15) is 73.1 Å². The van der Waals surface area contributed by atoms with Crippen LogP contribution in [0.5, 0.6) is 0 Å². The molecule has 0 spiro atoms. The van der Waals surface area contributed by atoms with Crippen molar-refractivity contribution in [3.8, 4) is 0 Å². The predicted octanol–water partition coefficient (Wildman–Crippen LogP) is 4.77. The van der Waals surface area contributed by atoms with Crippen molar-refractivity contribution in [1.82, 2.24) is 0 Å². The highest BCUT2D eigenvalue weighted by molar-refractivity contribution is 5.91. The Morgan fingerprint density at radius 1 is 1.25 bits per heavy atom. The smallest absolute Gasteiger partial charge is 0.334 e. The first-order valence-corrected chi connectivity index (χ1v) is 11.9. The number of hydrogen-bond donors (Lipinski definition) is 0. The molecule has 1 aliphatic heterocycles. The lowest BCUT2D eigenvalue weighted by atomic mass is 9.47. The van der Waals surface area contributed by atoms with Crippen molar-refractivity contribution in [3.63, 3.8) is 0 Å². The van der Waals surface area contributed by atoms with Crippen LogP contribution >= 0.6 is 0 Å². The molecule has 0 amide bonds. The first-order valence-electron chi connectivity index (χ1n) is 11.9. The van der Waals surface area contributed by atoms with Crippen LogP contribution in [0, 0.1) is 28.6 Å². The third-order valence-electron chi connectivity index (χ3n) is 8.13. The van der Waals surface area contributed by atoms with Crippen LogP contribution in [0.15, 0.2) is 23.3 Å². The summed E-state index contributed by atoms with van der Waals surface area (Å²) in [6, 6.07) is 0. The molecular weight excluding hydrogens is 408 g/mol. The molecule has 6 nitrogen and oxygen atoms in total. The van der Waals surface area contributed by atoms with Gasteiger partial charge in [0.1, 0.15) is 12.7 Å². The van der Waals surface area contributed by atoms with Gasteiger partial charge in [-0.1, -0.05) is 41.0 Å². The maximum Gasteiger partial charge on any atom is 0.334 e. The molecule has 0 radical (unpaired) electrons. The molecule has 5 unspecified atom stereocenters. The van der Waals surface area contributed by atoms with Gasteiger partial charge < -0.3 is 14.2 Å². The molecule has 0 bridgehead atoms. The molecule has 3 rings (SSSR count). The first kappa shape index (κ1) is 24.5. The number of carbonyl (C=O) groups excluding carboxylic acids is 3. The Labute approximate surface area is 191 Å². The number of methoxy groups -OCH3 is 1. The standard InChI is InChI=1S/C26H38O6/c1-7-16(2)22(27)32-20-15-18(24(29)30-6)19(10-9-17-11-14-31-23(17)28)26(5)13-8-12-25(3,4)21(20)26/h11,15-16,19-21H,7-10,12-14H2,1-6H3. The highest BCUT2D eigenvalue weighted by Gasteiger charge is 2.58. The van der Waals surface area contributed by atoms with Crippen LogP contribution in [0.2, 0.25) is 0 Å². The third-order valence-corrected chi connectivity index (χ3v) is 8.13. The second-order valence-corrected chi connectivity index (χ2v) is 10.6. The molecule has 6 heteroatoms. The van der Waals surface area contributed by atoms with Gasteiger partial charge in [0.05, 0.1) is 13.0 Å². The Hall–Kier alpha value is -2.11. The molecule has 0 saturated heterocycles. The largest absolute Gasteiger partial charge is 0.466 e. The average molecular weight is 447 g/mol. The van der Waals surface area contributed by atoms with Gasteiger partial charge >= 0.3 is 17.9 Å². The molecule has 0 aromatic carbocycles. The second-order valence-electron chi connectivity index (χ2n) is 10.6. The molecule has 1 fully saturated rings. The first-order chi connectivity index (χ1) is 15.0. The number of fused-ring (bicyclic) bond motifs is 1. The van der Waals surface area contributed by atoms with E-state index in [1.54, 1.807) is 0 Å². The SMILES string of the molecule is CCC(C)C(=O)OC1C=C(C(=O)OC)C(CCC2=CCOC2=O)C2(C)CCCC(C)(C)C12. The van der Waals surface area contributed by atoms with Crippen LogP contribution in [0.4, 0.5) is 0 Å². The summed E-state index contributed by atoms with van der Waals surface area (Å²) in [5, 5.41) is 0. The number of carbonyl (C=O) groups is 3. The fourth-order valence-electron chi connectivity index (χ4n) is 6.31. The van der Waals surface area contributed by atoms with E-state index in [1.807, 2.05) is 26.0 Å². The Morgan fingerprint density at radius 2 is 1.97 bits per heavy atom. The van der Waals surface area contributed by atoms with E-state index in [9.17, 15) is 14.4 Å². The Bertz CT molecular complexity index is 822. The molecule has 0 aromatic heterocycles. The Morgan fingerprint density at radius 3 is 2.56 bits per heavy atom. The van der Waals surface area contributed by atoms with Crippen LogP contribution in [0.25, 0.3) is 0 Å². The van der Waals surface area contributed by atoms with E-state index < -0.39 is 6.10 Å². The van der Waals surface area contributed by atoms with Crippen molar-refractivity contribution in [2.24, 2.45) is 28.6 Å². The number of ether oxygens (including phenoxy) is 3. The summed E-state index contributed by atoms with van der Waals surface area (Å²) in [4.78, 5) is 37.7. The summed E-state index contributed by atoms with van der Waals surface area (Å²) in [7, 11) is 1.39. The van der Waals surface area contributed by atoms with Gasteiger partial charge in [0.15, 0.2) is 0 Å². The quantitative estimate of drug-likeness (QED) is 0.414. The zero-order valence-electron chi connectivity index (χ0n) is 20.4. The van der Waals surface area contributed by atoms with Crippen LogP contribution in [-0.4, -0.2) is 37.7 Å². The summed E-state index contributed by atoms with van der Waals surface area (Å²) in [5.41, 5.74) is 0.923. The predicted molar refractivity (Wildman–Crippen MR) is 120 cm³/mol. The monoisotopic (exact) mass is 446 g/mol. The average Bonchev–Trinajstić information content (AvgIpc) is 3.15. The lowest BCUT2D eigenvalue weighted by Gasteiger charge is -2.58. The fraction of sp³-hybridized carbons (Fsp3) is 0.731. The van der Waals surface area contributed by atoms with Crippen molar-refractivity contribution in [2.75, 3.05) is 13.7 Å². The van der Waals surface area contributed by atoms with E-state index >= 15 is 0 Å². The van der Waals surface area contributed by atoms with Gasteiger partial charge in [0.25, 0.3) is 0 Å². The van der Waals surface area contributed by atoms with Gasteiger partial charge in [-0.2, -0.15) is 0 Å². The van der Waals surface area contributed by atoms with Gasteiger partial charge in [-0.25, -0.2) is 9.59 Å². The van der Waals surface area contributed by atoms with Gasteiger partial charge in [-0.3, -0.25) is 4.79 Å². The molecular formula is C26H38O6. The van der Waals surface area contributed by atoms with E-state index in [2.05, 4.69) is 20.8 Å². The molecule has 32 heavy (non-hydrogen) atoms. The maximum atomic E-state index is 12.9. The van der Waals surface area contributed by atoms with E-state index in [0.29, 0.717) is 37.0 Å². The van der Waals surface area contributed by atoms with Gasteiger partial charge in [-0.15, -0.1) is 0 Å². The summed E-state index contributed by atoms with van der Waals surface area (Å²) in [6.45, 7) is 10.9. The molecule has 2 aliphatic carbocycles. The zero-order valence-corrected chi connectivity index (χ0v) is 20.4. The molecule has 0 N–H and O–H groups in total. The minimum atomic E-state index is -0.474. The number of cyclic esters (lactones) is 1. The number of esters is 3. The van der Waals surface area contributed by atoms with E-state index in [0.717, 1.165) is 19.3 Å². The van der Waals surface area contributed by atoms with Crippen LogP contribution < -0.4 is 0 Å². The Balaban J connectivity index is 2.02. The minimum absolute atomic E-state index is 0.0602. The zero-order chi connectivity index (χ0) is 23.7. The minimum Gasteiger partial charge on any atom is -0.466 e. The number of hydrogen-bond acceptors (Lipinski definition) is 6. The molecule has 1 heterocycles. The maximum absolute atomic E-state index is 12.9. The highest BCUT2D eigenvalue weighted by atomic mass is 16.5. The molecule has 3 aliphatic rings. The summed E-state index contributed by atoms with van der Waals surface area (Å²) in [5.74, 6) is -1.09. The van der Waals surface area contributed by atoms with E-state index in [4.69, 9.17) is 14.2 Å². The fourth-order valence-corrected chi connectivity index (χ4v) is 6.31. The third kappa shape index (κ3) is 4.51. The van der Waals surface area contributed by atoms with Gasteiger partial charge in [0.2, 0.25) is 0 Å². The number of rotatable bonds is 7. The van der Waals surface area contributed by atoms with Gasteiger partial charge in [0, 0.05) is 17.1 Å². The highest BCUT2D eigenvalue weighted by Crippen LogP contribution is 2.61. The van der Waals surface area contributed by atoms with Gasteiger partial charge in [-0.05, 0) is 61.0 Å². The lowest BCUT2D eigenvalue weighted by Crippen LogP contribution is -2.56. The van der Waals surface area contributed by atoms with Crippen molar-refractivity contribution in [1.29, 1.82) is 0 Å². The van der Waals surface area contributed by atoms with Crippen LogP contribution in [0.3, 0.4) is 0 Å². The van der Waals surface area contributed by atoms with Crippen molar-refractivity contribution in [2.45, 2.75) is 79.2 Å². The molecule has 5 atom stereocenters.